The van der Waals surface area contributed by atoms with Gasteiger partial charge in [0.2, 0.25) is 11.9 Å². The third kappa shape index (κ3) is 7.35. The first-order valence-corrected chi connectivity index (χ1v) is 12.8. The predicted octanol–water partition coefficient (Wildman–Crippen LogP) is 5.21. The fourth-order valence-electron chi connectivity index (χ4n) is 4.28. The van der Waals surface area contributed by atoms with Gasteiger partial charge in [-0.3, -0.25) is 4.79 Å². The molecule has 4 rings (SSSR count). The number of rotatable bonds is 11. The molecule has 0 saturated carbocycles. The van der Waals surface area contributed by atoms with Crippen LogP contribution < -0.4 is 20.3 Å². The second-order valence-electron chi connectivity index (χ2n) is 9.77. The van der Waals surface area contributed by atoms with Crippen LogP contribution in [0.15, 0.2) is 49.2 Å². The van der Waals surface area contributed by atoms with Crippen LogP contribution in [-0.4, -0.2) is 77.8 Å². The number of halogens is 5. The lowest BCUT2D eigenvalue weighted by Crippen LogP contribution is -2.29. The zero-order valence-corrected chi connectivity index (χ0v) is 23.8. The predicted molar refractivity (Wildman–Crippen MR) is 154 cm³/mol. The van der Waals surface area contributed by atoms with Crippen molar-refractivity contribution in [3.05, 3.63) is 60.8 Å². The molecule has 1 amide bonds. The Balaban J connectivity index is 1.77. The van der Waals surface area contributed by atoms with Gasteiger partial charge in [0.05, 0.1) is 29.7 Å². The number of alkyl halides is 3. The second-order valence-corrected chi connectivity index (χ2v) is 9.77. The summed E-state index contributed by atoms with van der Waals surface area (Å²) in [6.45, 7) is 3.25. The minimum atomic E-state index is -4.74. The molecule has 2 N–H and O–H groups in total. The van der Waals surface area contributed by atoms with E-state index in [1.54, 1.807) is 12.1 Å². The first kappa shape index (κ1) is 31.2. The van der Waals surface area contributed by atoms with E-state index in [2.05, 4.69) is 32.2 Å². The summed E-state index contributed by atoms with van der Waals surface area (Å²) in [4.78, 5) is 28.7. The average molecular weight is 605 g/mol. The smallest absolute Gasteiger partial charge is 0.406 e. The van der Waals surface area contributed by atoms with Crippen LogP contribution in [0.1, 0.15) is 0 Å². The first-order chi connectivity index (χ1) is 20.3. The molecule has 0 aliphatic carbocycles. The van der Waals surface area contributed by atoms with Crippen LogP contribution in [0, 0.1) is 11.6 Å². The molecule has 0 bridgehead atoms. The van der Waals surface area contributed by atoms with Crippen LogP contribution in [0.4, 0.5) is 45.0 Å². The maximum Gasteiger partial charge on any atom is 0.406 e. The average Bonchev–Trinajstić information content (AvgIpc) is 3.28. The molecule has 0 fully saturated rings. The van der Waals surface area contributed by atoms with E-state index in [9.17, 15) is 26.7 Å². The lowest BCUT2D eigenvalue weighted by atomic mass is 10.2. The van der Waals surface area contributed by atoms with E-state index in [1.165, 1.54) is 19.4 Å². The Morgan fingerprint density at radius 3 is 2.49 bits per heavy atom. The number of anilines is 4. The number of nitrogens with zero attached hydrogens (tertiary/aromatic N) is 6. The van der Waals surface area contributed by atoms with Gasteiger partial charge in [0.25, 0.3) is 0 Å². The Hall–Kier alpha value is -4.79. The molecule has 43 heavy (non-hydrogen) atoms. The summed E-state index contributed by atoms with van der Waals surface area (Å²) in [6.07, 6.45) is -2.34. The minimum absolute atomic E-state index is 0.0669. The Bertz CT molecular complexity index is 1650. The van der Waals surface area contributed by atoms with Crippen molar-refractivity contribution in [2.75, 3.05) is 56.9 Å². The molecular formula is C28H29F5N8O2. The number of methoxy groups -OCH3 is 1. The van der Waals surface area contributed by atoms with Gasteiger partial charge < -0.3 is 29.7 Å². The van der Waals surface area contributed by atoms with E-state index in [1.807, 2.05) is 30.9 Å². The van der Waals surface area contributed by atoms with Gasteiger partial charge in [0.1, 0.15) is 29.3 Å². The number of fused-ring (bicyclic) bond motifs is 1. The number of nitrogens with one attached hydrogen (secondary N) is 2. The van der Waals surface area contributed by atoms with Crippen LogP contribution in [0.3, 0.4) is 0 Å². The molecule has 0 unspecified atom stereocenters. The molecule has 0 aliphatic heterocycles. The molecule has 2 aromatic heterocycles. The third-order valence-corrected chi connectivity index (χ3v) is 6.28. The molecule has 0 atom stereocenters. The molecule has 15 heteroatoms. The number of carbonyl (C=O) groups is 1. The van der Waals surface area contributed by atoms with Crippen molar-refractivity contribution in [2.45, 2.75) is 12.7 Å². The van der Waals surface area contributed by atoms with Crippen LogP contribution in [0.25, 0.3) is 22.6 Å². The summed E-state index contributed by atoms with van der Waals surface area (Å²) < 4.78 is 75.1. The molecule has 0 spiro atoms. The number of imidazole rings is 1. The fraction of sp³-hybridized carbons (Fsp3) is 0.286. The summed E-state index contributed by atoms with van der Waals surface area (Å²) in [7, 11) is 7.16. The lowest BCUT2D eigenvalue weighted by Gasteiger charge is -2.26. The second kappa shape index (κ2) is 12.6. The monoisotopic (exact) mass is 604 g/mol. The molecular weight excluding hydrogens is 575 g/mol. The van der Waals surface area contributed by atoms with Crippen molar-refractivity contribution >= 4 is 40.0 Å². The van der Waals surface area contributed by atoms with Crippen LogP contribution in [0.2, 0.25) is 0 Å². The van der Waals surface area contributed by atoms with Crippen LogP contribution in [-0.2, 0) is 11.3 Å². The third-order valence-electron chi connectivity index (χ3n) is 6.28. The van der Waals surface area contributed by atoms with Crippen molar-refractivity contribution in [3.8, 4) is 17.3 Å². The number of hydrogen-bond acceptors (Lipinski definition) is 8. The topological polar surface area (TPSA) is 100 Å². The normalized spacial score (nSPS) is 11.6. The van der Waals surface area contributed by atoms with E-state index >= 15 is 0 Å². The van der Waals surface area contributed by atoms with Crippen molar-refractivity contribution in [3.63, 3.8) is 0 Å². The number of ether oxygens (including phenoxy) is 1. The van der Waals surface area contributed by atoms with E-state index in [0.29, 0.717) is 40.0 Å². The SMILES string of the molecule is C=CC(=O)Nc1cc(Nc2nccc(-c3nc4cc(F)cc(F)c4n3CC(F)(F)F)n2)c(OC)cc1N(C)CCN(C)C. The largest absolute Gasteiger partial charge is 0.494 e. The maximum atomic E-state index is 14.6. The van der Waals surface area contributed by atoms with Gasteiger partial charge in [-0.05, 0) is 32.3 Å². The Morgan fingerprint density at radius 1 is 1.09 bits per heavy atom. The molecule has 0 aliphatic rings. The Kier molecular flexibility index (Phi) is 9.13. The molecule has 0 radical (unpaired) electrons. The van der Waals surface area contributed by atoms with Crippen molar-refractivity contribution in [1.82, 2.24) is 24.4 Å². The minimum Gasteiger partial charge on any atom is -0.494 e. The van der Waals surface area contributed by atoms with Crippen molar-refractivity contribution in [1.29, 1.82) is 0 Å². The lowest BCUT2D eigenvalue weighted by molar-refractivity contribution is -0.139. The van der Waals surface area contributed by atoms with E-state index in [-0.39, 0.29) is 23.0 Å². The molecule has 4 aromatic rings. The highest BCUT2D eigenvalue weighted by Gasteiger charge is 2.32. The number of hydrogen-bond donors (Lipinski definition) is 2. The summed E-state index contributed by atoms with van der Waals surface area (Å²) in [5.41, 5.74) is 0.472. The summed E-state index contributed by atoms with van der Waals surface area (Å²) in [5, 5.41) is 5.72. The maximum absolute atomic E-state index is 14.6. The van der Waals surface area contributed by atoms with E-state index < -0.39 is 35.8 Å². The Labute approximate surface area is 243 Å². The summed E-state index contributed by atoms with van der Waals surface area (Å²) in [5.74, 6) is -2.70. The zero-order valence-electron chi connectivity index (χ0n) is 23.8. The number of likely N-dealkylation sites (N-methyl/N-ethyl adjacent to an activating group) is 2. The standard InChI is InChI=1S/C28H29F5N8O2/c1-6-24(42)35-19-13-20(23(43-5)14-22(19)40(4)10-9-39(2)3)38-27-34-8-7-18(37-27)26-36-21-12-16(29)11-17(30)25(21)41(26)15-28(31,32)33/h6-8,11-14H,1,9-10,15H2,2-5H3,(H,35,42)(H,34,37,38). The van der Waals surface area contributed by atoms with Gasteiger partial charge >= 0.3 is 6.18 Å². The van der Waals surface area contributed by atoms with Gasteiger partial charge in [0.15, 0.2) is 11.6 Å². The van der Waals surface area contributed by atoms with E-state index in [0.717, 1.165) is 18.7 Å². The number of carbonyl (C=O) groups excluding carboxylic acids is 1. The van der Waals surface area contributed by atoms with E-state index in [4.69, 9.17) is 4.74 Å². The van der Waals surface area contributed by atoms with Crippen LogP contribution in [0.5, 0.6) is 5.75 Å². The molecule has 2 aromatic carbocycles. The van der Waals surface area contributed by atoms with Crippen LogP contribution >= 0.6 is 0 Å². The Morgan fingerprint density at radius 2 is 1.84 bits per heavy atom. The molecule has 0 saturated heterocycles. The number of aromatic nitrogens is 4. The number of benzene rings is 2. The van der Waals surface area contributed by atoms with Gasteiger partial charge in [-0.1, -0.05) is 6.58 Å². The van der Waals surface area contributed by atoms with Gasteiger partial charge in [-0.2, -0.15) is 13.2 Å². The number of amides is 1. The molecule has 228 valence electrons. The highest BCUT2D eigenvalue weighted by molar-refractivity contribution is 6.02. The first-order valence-electron chi connectivity index (χ1n) is 12.8. The highest BCUT2D eigenvalue weighted by atomic mass is 19.4. The van der Waals surface area contributed by atoms with Crippen molar-refractivity contribution < 1.29 is 31.5 Å². The van der Waals surface area contributed by atoms with Gasteiger partial charge in [0, 0.05) is 44.5 Å². The fourth-order valence-corrected chi connectivity index (χ4v) is 4.28. The molecule has 2 heterocycles. The summed E-state index contributed by atoms with van der Waals surface area (Å²) >= 11 is 0. The van der Waals surface area contributed by atoms with Gasteiger partial charge in [-0.15, -0.1) is 0 Å². The van der Waals surface area contributed by atoms with Gasteiger partial charge in [-0.25, -0.2) is 23.7 Å². The molecule has 10 nitrogen and oxygen atoms in total. The highest BCUT2D eigenvalue weighted by Crippen LogP contribution is 2.38. The zero-order chi connectivity index (χ0) is 31.5. The quantitative estimate of drug-likeness (QED) is 0.178. The van der Waals surface area contributed by atoms with Crippen molar-refractivity contribution in [2.24, 2.45) is 0 Å². The summed E-state index contributed by atoms with van der Waals surface area (Å²) in [6, 6.07) is 5.92.